The summed E-state index contributed by atoms with van der Waals surface area (Å²) in [6.45, 7) is 19.6. The summed E-state index contributed by atoms with van der Waals surface area (Å²) in [5.74, 6) is -13.9. The third-order valence-corrected chi connectivity index (χ3v) is 23.7. The minimum atomic E-state index is -2.21. The van der Waals surface area contributed by atoms with Gasteiger partial charge in [-0.25, -0.2) is 0 Å². The molecule has 42 nitrogen and oxygen atoms in total. The third kappa shape index (κ3) is 73.0. The second-order valence-electron chi connectivity index (χ2n) is 36.7. The average molecular weight is 2030 g/mol. The fourth-order valence-corrected chi connectivity index (χ4v) is 15.7. The first-order valence-electron chi connectivity index (χ1n) is 51.7. The Labute approximate surface area is 851 Å². The van der Waals surface area contributed by atoms with E-state index < -0.39 is 206 Å². The molecule has 812 valence electrons. The quantitative estimate of drug-likeness (QED) is 0.00990. The van der Waals surface area contributed by atoms with Crippen LogP contribution in [0.2, 0.25) is 27.3 Å². The molecule has 0 aliphatic heterocycles. The van der Waals surface area contributed by atoms with Crippen LogP contribution in [0.25, 0.3) is 0 Å². The van der Waals surface area contributed by atoms with E-state index in [-0.39, 0.29) is 18.2 Å². The first kappa shape index (κ1) is 134. The normalized spacial score (nSPS) is 13.2. The Morgan fingerprint density at radius 2 is 0.664 bits per heavy atom. The Morgan fingerprint density at radius 1 is 0.329 bits per heavy atom. The first-order chi connectivity index (χ1) is 68.0. The zero-order valence-corrected chi connectivity index (χ0v) is 88.8. The van der Waals surface area contributed by atoms with E-state index in [1.807, 2.05) is 28.5 Å². The molecule has 1 unspecified atom stereocenters. The first-order valence-corrected chi connectivity index (χ1v) is 51.7. The van der Waals surface area contributed by atoms with Crippen molar-refractivity contribution >= 4 is 137 Å². The van der Waals surface area contributed by atoms with Crippen LogP contribution < -0.4 is 21.3 Å². The van der Waals surface area contributed by atoms with Gasteiger partial charge in [0.15, 0.2) is 36.6 Å². The van der Waals surface area contributed by atoms with Gasteiger partial charge in [-0.3, -0.25) is 67.1 Å². The molecule has 0 aliphatic rings. The topological polar surface area (TPSA) is 545 Å². The molecule has 0 heterocycles. The molecule has 5 amide bonds. The van der Waals surface area contributed by atoms with E-state index in [1.165, 1.54) is 84.3 Å². The van der Waals surface area contributed by atoms with E-state index in [1.54, 1.807) is 27.3 Å². The summed E-state index contributed by atoms with van der Waals surface area (Å²) in [5, 5.41) is 51.1. The van der Waals surface area contributed by atoms with Crippen LogP contribution in [-0.4, -0.2) is 356 Å². The van der Waals surface area contributed by atoms with Crippen LogP contribution in [0.1, 0.15) is 307 Å². The fourth-order valence-electron chi connectivity index (χ4n) is 15.7. The van der Waals surface area contributed by atoms with Gasteiger partial charge in [0.1, 0.15) is 13.2 Å². The van der Waals surface area contributed by atoms with Crippen molar-refractivity contribution in [2.75, 3.05) is 126 Å². The molecule has 0 radical (unpaired) electrons. The molecule has 0 aromatic rings. The van der Waals surface area contributed by atoms with Gasteiger partial charge in [0.25, 0.3) is 11.8 Å². The van der Waals surface area contributed by atoms with Gasteiger partial charge in [-0.05, 0) is 19.7 Å². The van der Waals surface area contributed by atoms with Crippen LogP contribution in [0.5, 0.6) is 0 Å². The monoisotopic (exact) mass is 2030 g/mol. The predicted octanol–water partition coefficient (Wildman–Crippen LogP) is 7.09. The molecule has 0 aromatic heterocycles. The Balaban J connectivity index is 5.28. The average Bonchev–Trinajstić information content (AvgIpc) is 0.820. The van der Waals surface area contributed by atoms with Crippen molar-refractivity contribution in [2.24, 2.45) is 15.8 Å². The van der Waals surface area contributed by atoms with Crippen molar-refractivity contribution in [3.8, 4) is 0 Å². The van der Waals surface area contributed by atoms with Crippen molar-refractivity contribution in [1.82, 2.24) is 45.4 Å². The van der Waals surface area contributed by atoms with Crippen LogP contribution in [0.3, 0.4) is 0 Å². The maximum atomic E-state index is 14.2. The molecule has 0 aromatic carbocycles. The molecule has 0 spiro atoms. The second-order valence-corrected chi connectivity index (χ2v) is 36.7. The zero-order valence-electron chi connectivity index (χ0n) is 88.8. The van der Waals surface area contributed by atoms with Gasteiger partial charge in [0.2, 0.25) is 24.0 Å². The van der Waals surface area contributed by atoms with Crippen LogP contribution in [0.15, 0.2) is 9.89 Å². The molecule has 0 fully saturated rings. The molecule has 0 saturated carbocycles. The van der Waals surface area contributed by atoms with E-state index in [9.17, 15) is 96.7 Å². The molecule has 9 atom stereocenters. The predicted molar refractivity (Wildman–Crippen MR) is 542 cm³/mol. The number of rotatable bonds is 89. The second kappa shape index (κ2) is 84.3. The summed E-state index contributed by atoms with van der Waals surface area (Å²) in [6.07, 6.45) is 18.5. The molecule has 0 rings (SSSR count). The van der Waals surface area contributed by atoms with E-state index in [0.29, 0.717) is 77.3 Å². The number of nitrogens with zero attached hydrogens (tertiary/aromatic N) is 7. The number of unbranched alkanes of at least 4 members (excludes halogenated alkanes) is 26. The van der Waals surface area contributed by atoms with E-state index in [2.05, 4.69) is 31.0 Å². The fraction of sp³-hybridized carbons (Fsp3) is 0.832. The van der Waals surface area contributed by atoms with Gasteiger partial charge >= 0.3 is 373 Å². The van der Waals surface area contributed by atoms with Gasteiger partial charge < -0.3 is 73.2 Å². The maximum absolute atomic E-state index is 14.2. The van der Waals surface area contributed by atoms with Gasteiger partial charge in [0.05, 0.1) is 0 Å². The Kier molecular flexibility index (Phi) is 79.1. The number of nitrogens with one attached hydrogen (secondary N) is 4. The van der Waals surface area contributed by atoms with Crippen molar-refractivity contribution < 1.29 is 149 Å². The molecular weight excluding hydrogens is 1860 g/mol. The summed E-state index contributed by atoms with van der Waals surface area (Å²) in [5.41, 5.74) is 0.533. The number of aliphatic imine (C=N–C) groups is 1. The molecule has 0 bridgehead atoms. The standard InChI is InChI=1S/C95H173B6N11O31/c1-71(113)133-69-82(136-73(3)115)88(138-75(5)117)90(140-77(7)119)92(142-79(9)121)94(126)104-56-64-110(65-57-105-95(127)93(143-80(10)122)91(141-78(8)120)89(139-76(6)118)83(137-74(4)116)70-134-72(2)114)87(125)53-52-86(124)103-55-42-36-33-31-29-27-25-23-21-19-17-18-20-22-24-26-28-30-32-34-40-51-85(123)102-54-43-37-35-39-49-81(67-106-84(96-128)50-41-45-61-112(101(14)132)63-48-59-109(16)99(12)130)68-107-97-135-66-46-38-44-60-111(100(13)131)62-47-58-108(15)98(11)129/h81-83,88-93,129-132H,17-70H2,1-16H3,(H,102,123)(H,103,124)(H,104,126)(H,105,127)/t81?,82-,83-,88-,89+,90+,91-,92-,93+/m0/s1. The SMILES string of the molecule is CB(O)N(C)CCCN(CCCCCOB=NCC(CCCCCCNC(=O)CCCCCCCCCCCCCCCCCCCCCCCNC(=O)CCC(=O)N(CCNC(=O)[C@@H](OC(C)=O)[C@H](OC(C)=O)[C@@H](OC(C)=O)[C@H](COC(C)=O)OC(C)=O)CCNC(=O)[C@H](OC(C)=O)[C@@H](OC(C)=O)[C@H](OC(C)=O)[C@H](COC(C)=O)OC(C)=O)CN=C(B=O)CCCCN(CCCN(C)B(C)O)B(C)O)B(C)O. The molecule has 8 N–H and O–H groups in total. The van der Waals surface area contributed by atoms with Crippen LogP contribution in [-0.2, 0) is 129 Å². The Bertz CT molecular complexity index is 3590. The number of hydrogen-bond donors (Lipinski definition) is 8. The number of hydrogen-bond acceptors (Lipinski definition) is 37. The molecule has 0 saturated heterocycles. The number of amides is 5. The van der Waals surface area contributed by atoms with Crippen LogP contribution in [0.4, 0.5) is 0 Å². The number of carbonyl (C=O) groups is 15. The third-order valence-electron chi connectivity index (χ3n) is 23.7. The number of esters is 10. The van der Waals surface area contributed by atoms with E-state index >= 15 is 0 Å². The van der Waals surface area contributed by atoms with E-state index in [4.69, 9.17) is 57.0 Å². The van der Waals surface area contributed by atoms with Crippen molar-refractivity contribution in [1.29, 1.82) is 0 Å². The van der Waals surface area contributed by atoms with Gasteiger partial charge in [-0.2, -0.15) is 0 Å². The molecular formula is C95H173B6N11O31. The minimum absolute atomic E-state index is 0.113. The molecule has 48 heteroatoms. The van der Waals surface area contributed by atoms with Crippen LogP contribution >= 0.6 is 0 Å². The van der Waals surface area contributed by atoms with Crippen molar-refractivity contribution in [2.45, 2.75) is 383 Å². The van der Waals surface area contributed by atoms with E-state index in [0.717, 1.165) is 229 Å². The Morgan fingerprint density at radius 3 is 1.03 bits per heavy atom. The summed E-state index contributed by atoms with van der Waals surface area (Å²) in [7, 11) is 3.96. The van der Waals surface area contributed by atoms with Gasteiger partial charge in [-0.15, -0.1) is 0 Å². The van der Waals surface area contributed by atoms with Gasteiger partial charge in [0, 0.05) is 115 Å². The molecule has 0 aliphatic carbocycles. The van der Waals surface area contributed by atoms with Gasteiger partial charge in [-0.1, -0.05) is 122 Å². The molecule has 143 heavy (non-hydrogen) atoms. The number of ether oxygens (including phenoxy) is 10. The number of carbonyl (C=O) groups excluding carboxylic acids is 15. The van der Waals surface area contributed by atoms with Crippen molar-refractivity contribution in [3.05, 3.63) is 0 Å². The Hall–Kier alpha value is -8.81. The van der Waals surface area contributed by atoms with Crippen molar-refractivity contribution in [3.63, 3.8) is 0 Å². The summed E-state index contributed by atoms with van der Waals surface area (Å²) in [4.78, 5) is 211. The summed E-state index contributed by atoms with van der Waals surface area (Å²) >= 11 is 0. The summed E-state index contributed by atoms with van der Waals surface area (Å²) in [6, 6.07) is 0. The zero-order chi connectivity index (χ0) is 107. The van der Waals surface area contributed by atoms with Crippen LogP contribution in [0, 0.1) is 5.92 Å². The summed E-state index contributed by atoms with van der Waals surface area (Å²) < 4.78 is 70.8.